The average molecular weight is 410 g/mol. The SMILES string of the molecule is CN1CCN(C(=O)Nc2ccc(C(=O)N/N=C/c3cccc([N+](=O)[O-])c3)cc2)CC1. The smallest absolute Gasteiger partial charge is 0.321 e. The Morgan fingerprint density at radius 2 is 1.80 bits per heavy atom. The number of carbonyl (C=O) groups excluding carboxylic acids is 2. The van der Waals surface area contributed by atoms with Crippen molar-refractivity contribution in [3.05, 3.63) is 69.8 Å². The number of non-ortho nitro benzene ring substituents is 1. The zero-order chi connectivity index (χ0) is 21.5. The molecule has 2 N–H and O–H groups in total. The molecule has 10 nitrogen and oxygen atoms in total. The van der Waals surface area contributed by atoms with E-state index in [4.69, 9.17) is 0 Å². The molecule has 0 unspecified atom stereocenters. The van der Waals surface area contributed by atoms with Crippen LogP contribution in [0.25, 0.3) is 0 Å². The molecule has 3 rings (SSSR count). The number of rotatable bonds is 5. The van der Waals surface area contributed by atoms with Gasteiger partial charge in [0.15, 0.2) is 0 Å². The Hall–Kier alpha value is -3.79. The van der Waals surface area contributed by atoms with E-state index in [-0.39, 0.29) is 11.7 Å². The van der Waals surface area contributed by atoms with Crippen molar-refractivity contribution in [1.82, 2.24) is 15.2 Å². The molecule has 0 bridgehead atoms. The number of anilines is 1. The Kier molecular flexibility index (Phi) is 6.71. The van der Waals surface area contributed by atoms with Gasteiger partial charge >= 0.3 is 6.03 Å². The van der Waals surface area contributed by atoms with Gasteiger partial charge in [-0.15, -0.1) is 0 Å². The first kappa shape index (κ1) is 20.9. The van der Waals surface area contributed by atoms with Crippen LogP contribution in [0.3, 0.4) is 0 Å². The first-order valence-corrected chi connectivity index (χ1v) is 9.35. The lowest BCUT2D eigenvalue weighted by atomic mass is 10.2. The Morgan fingerprint density at radius 3 is 2.47 bits per heavy atom. The third-order valence-electron chi connectivity index (χ3n) is 4.65. The highest BCUT2D eigenvalue weighted by Crippen LogP contribution is 2.13. The molecule has 1 aliphatic heterocycles. The number of nitrogens with zero attached hydrogens (tertiary/aromatic N) is 4. The number of hydrogen-bond donors (Lipinski definition) is 2. The minimum absolute atomic E-state index is 0.0560. The van der Waals surface area contributed by atoms with Gasteiger partial charge in [0.05, 0.1) is 11.1 Å². The largest absolute Gasteiger partial charge is 0.322 e. The van der Waals surface area contributed by atoms with Gasteiger partial charge in [-0.3, -0.25) is 14.9 Å². The first-order chi connectivity index (χ1) is 14.4. The zero-order valence-corrected chi connectivity index (χ0v) is 16.4. The number of nitrogens with one attached hydrogen (secondary N) is 2. The minimum atomic E-state index is -0.500. The predicted molar refractivity (Wildman–Crippen MR) is 113 cm³/mol. The van der Waals surface area contributed by atoms with E-state index in [0.717, 1.165) is 13.1 Å². The van der Waals surface area contributed by atoms with E-state index in [9.17, 15) is 19.7 Å². The first-order valence-electron chi connectivity index (χ1n) is 9.35. The van der Waals surface area contributed by atoms with Crippen LogP contribution in [0.5, 0.6) is 0 Å². The molecule has 0 radical (unpaired) electrons. The summed E-state index contributed by atoms with van der Waals surface area (Å²) in [5.74, 6) is -0.436. The summed E-state index contributed by atoms with van der Waals surface area (Å²) in [6, 6.07) is 12.2. The van der Waals surface area contributed by atoms with Gasteiger partial charge in [0.25, 0.3) is 11.6 Å². The molecule has 1 heterocycles. The van der Waals surface area contributed by atoms with Crippen LogP contribution in [0.15, 0.2) is 53.6 Å². The lowest BCUT2D eigenvalue weighted by Gasteiger charge is -2.32. The number of hydrazone groups is 1. The predicted octanol–water partition coefficient (Wildman–Crippen LogP) is 2.14. The van der Waals surface area contributed by atoms with E-state index in [0.29, 0.717) is 29.9 Å². The van der Waals surface area contributed by atoms with E-state index in [1.165, 1.54) is 24.4 Å². The molecule has 1 aliphatic rings. The van der Waals surface area contributed by atoms with Crippen LogP contribution in [0, 0.1) is 10.1 Å². The Bertz CT molecular complexity index is 952. The van der Waals surface area contributed by atoms with Crippen molar-refractivity contribution >= 4 is 29.5 Å². The second-order valence-corrected chi connectivity index (χ2v) is 6.85. The molecule has 30 heavy (non-hydrogen) atoms. The van der Waals surface area contributed by atoms with E-state index < -0.39 is 10.8 Å². The van der Waals surface area contributed by atoms with E-state index in [1.54, 1.807) is 35.2 Å². The number of piperazine rings is 1. The quantitative estimate of drug-likeness (QED) is 0.444. The van der Waals surface area contributed by atoms with Crippen molar-refractivity contribution in [2.45, 2.75) is 0 Å². The molecule has 2 aromatic rings. The van der Waals surface area contributed by atoms with Gasteiger partial charge in [0, 0.05) is 55.1 Å². The molecule has 1 fully saturated rings. The number of nitro groups is 1. The third kappa shape index (κ3) is 5.61. The molecule has 3 amide bonds. The number of carbonyl (C=O) groups is 2. The van der Waals surface area contributed by atoms with Crippen molar-refractivity contribution < 1.29 is 14.5 Å². The van der Waals surface area contributed by atoms with Crippen LogP contribution >= 0.6 is 0 Å². The second-order valence-electron chi connectivity index (χ2n) is 6.85. The standard InChI is InChI=1S/C20H22N6O4/c1-24-9-11-25(12-10-24)20(28)22-17-7-5-16(6-8-17)19(27)23-21-14-15-3-2-4-18(13-15)26(29)30/h2-8,13-14H,9-12H2,1H3,(H,22,28)(H,23,27)/b21-14+. The van der Waals surface area contributed by atoms with Gasteiger partial charge in [0.1, 0.15) is 0 Å². The maximum Gasteiger partial charge on any atom is 0.321 e. The summed E-state index contributed by atoms with van der Waals surface area (Å²) in [5.41, 5.74) is 3.77. The molecule has 2 aromatic carbocycles. The Labute approximate surface area is 173 Å². The zero-order valence-electron chi connectivity index (χ0n) is 16.4. The fourth-order valence-electron chi connectivity index (χ4n) is 2.87. The highest BCUT2D eigenvalue weighted by atomic mass is 16.6. The van der Waals surface area contributed by atoms with Gasteiger partial charge in [-0.05, 0) is 31.3 Å². The number of hydrogen-bond acceptors (Lipinski definition) is 6. The van der Waals surface area contributed by atoms with Crippen molar-refractivity contribution in [2.75, 3.05) is 38.5 Å². The topological polar surface area (TPSA) is 120 Å². The highest BCUT2D eigenvalue weighted by molar-refractivity contribution is 5.96. The molecule has 0 aliphatic carbocycles. The molecule has 0 atom stereocenters. The van der Waals surface area contributed by atoms with Crippen LogP contribution in [0.4, 0.5) is 16.2 Å². The fraction of sp³-hybridized carbons (Fsp3) is 0.250. The third-order valence-corrected chi connectivity index (χ3v) is 4.65. The Morgan fingerprint density at radius 1 is 1.10 bits per heavy atom. The molecule has 156 valence electrons. The number of nitro benzene ring substituents is 1. The van der Waals surface area contributed by atoms with Crippen molar-refractivity contribution in [3.8, 4) is 0 Å². The highest BCUT2D eigenvalue weighted by Gasteiger charge is 2.19. The fourth-order valence-corrected chi connectivity index (χ4v) is 2.87. The molecular formula is C20H22N6O4. The summed E-state index contributed by atoms with van der Waals surface area (Å²) in [6.07, 6.45) is 1.33. The van der Waals surface area contributed by atoms with Gasteiger partial charge in [-0.2, -0.15) is 5.10 Å². The van der Waals surface area contributed by atoms with Gasteiger partial charge in [-0.1, -0.05) is 12.1 Å². The molecular weight excluding hydrogens is 388 g/mol. The average Bonchev–Trinajstić information content (AvgIpc) is 2.75. The van der Waals surface area contributed by atoms with Crippen molar-refractivity contribution in [3.63, 3.8) is 0 Å². The number of amides is 3. The summed E-state index contributed by atoms with van der Waals surface area (Å²) < 4.78 is 0. The van der Waals surface area contributed by atoms with Crippen LogP contribution in [-0.2, 0) is 0 Å². The van der Waals surface area contributed by atoms with Crippen LogP contribution < -0.4 is 10.7 Å². The van der Waals surface area contributed by atoms with Crippen molar-refractivity contribution in [2.24, 2.45) is 5.10 Å². The van der Waals surface area contributed by atoms with Gasteiger partial charge in [-0.25, -0.2) is 10.2 Å². The van der Waals surface area contributed by atoms with Crippen LogP contribution in [0.2, 0.25) is 0 Å². The molecule has 0 spiro atoms. The maximum absolute atomic E-state index is 12.3. The van der Waals surface area contributed by atoms with Gasteiger partial charge < -0.3 is 15.1 Å². The summed E-state index contributed by atoms with van der Waals surface area (Å²) in [4.78, 5) is 38.7. The second kappa shape index (κ2) is 9.61. The van der Waals surface area contributed by atoms with Crippen molar-refractivity contribution in [1.29, 1.82) is 0 Å². The molecule has 0 aromatic heterocycles. The number of likely N-dealkylation sites (N-methyl/N-ethyl adjacent to an activating group) is 1. The van der Waals surface area contributed by atoms with E-state index in [1.807, 2.05) is 7.05 Å². The lowest BCUT2D eigenvalue weighted by molar-refractivity contribution is -0.384. The lowest BCUT2D eigenvalue weighted by Crippen LogP contribution is -2.48. The summed E-state index contributed by atoms with van der Waals surface area (Å²) in [7, 11) is 2.02. The normalized spacial score (nSPS) is 14.5. The molecule has 1 saturated heterocycles. The summed E-state index contributed by atoms with van der Waals surface area (Å²) >= 11 is 0. The number of benzene rings is 2. The summed E-state index contributed by atoms with van der Waals surface area (Å²) in [5, 5.41) is 17.4. The maximum atomic E-state index is 12.3. The molecule has 0 saturated carbocycles. The van der Waals surface area contributed by atoms with Crippen LogP contribution in [0.1, 0.15) is 15.9 Å². The Balaban J connectivity index is 1.53. The van der Waals surface area contributed by atoms with E-state index >= 15 is 0 Å². The molecule has 10 heteroatoms. The summed E-state index contributed by atoms with van der Waals surface area (Å²) in [6.45, 7) is 3.02. The monoisotopic (exact) mass is 410 g/mol. The minimum Gasteiger partial charge on any atom is -0.322 e. The van der Waals surface area contributed by atoms with Crippen LogP contribution in [-0.4, -0.2) is 66.1 Å². The van der Waals surface area contributed by atoms with E-state index in [2.05, 4.69) is 20.7 Å². The van der Waals surface area contributed by atoms with Gasteiger partial charge in [0.2, 0.25) is 0 Å². The number of urea groups is 1.